The monoisotopic (exact) mass is 241 g/mol. The van der Waals surface area contributed by atoms with Crippen molar-refractivity contribution in [1.29, 1.82) is 0 Å². The number of rotatable bonds is 3. The lowest BCUT2D eigenvalue weighted by atomic mass is 10.1. The van der Waals surface area contributed by atoms with E-state index in [-0.39, 0.29) is 12.5 Å². The molecule has 5 heteroatoms. The molecule has 0 aromatic carbocycles. The zero-order chi connectivity index (χ0) is 12.3. The van der Waals surface area contributed by atoms with Crippen LogP contribution in [0.4, 0.5) is 0 Å². The summed E-state index contributed by atoms with van der Waals surface area (Å²) in [5, 5.41) is 12.7. The van der Waals surface area contributed by atoms with Crippen molar-refractivity contribution >= 4 is 5.91 Å². The van der Waals surface area contributed by atoms with Crippen molar-refractivity contribution in [2.75, 3.05) is 39.3 Å². The number of amides is 1. The van der Waals surface area contributed by atoms with E-state index in [0.29, 0.717) is 12.1 Å². The molecular formula is C12H23N3O2. The normalized spacial score (nSPS) is 30.8. The molecule has 0 bridgehead atoms. The average molecular weight is 241 g/mol. The van der Waals surface area contributed by atoms with Crippen molar-refractivity contribution in [3.8, 4) is 0 Å². The van der Waals surface area contributed by atoms with Crippen molar-refractivity contribution in [2.45, 2.75) is 31.8 Å². The summed E-state index contributed by atoms with van der Waals surface area (Å²) in [5.74, 6) is 0.164. The minimum atomic E-state index is 0.164. The Labute approximate surface area is 103 Å². The van der Waals surface area contributed by atoms with Gasteiger partial charge in [0, 0.05) is 45.2 Å². The first-order valence-corrected chi connectivity index (χ1v) is 6.54. The lowest BCUT2D eigenvalue weighted by Crippen LogP contribution is -2.56. The molecule has 1 amide bonds. The predicted molar refractivity (Wildman–Crippen MR) is 65.7 cm³/mol. The Morgan fingerprint density at radius 2 is 2.29 bits per heavy atom. The van der Waals surface area contributed by atoms with E-state index < -0.39 is 0 Å². The molecule has 2 unspecified atom stereocenters. The molecule has 0 aromatic heterocycles. The maximum absolute atomic E-state index is 11.3. The molecule has 2 heterocycles. The van der Waals surface area contributed by atoms with Gasteiger partial charge in [-0.2, -0.15) is 0 Å². The Kier molecular flexibility index (Phi) is 4.36. The standard InChI is InChI=1S/C12H23N3O2/c1-10(17)14-6-4-13-11(7-14)8-15-5-2-3-12(15)9-16/h11-13,16H,2-9H2,1H3. The summed E-state index contributed by atoms with van der Waals surface area (Å²) in [4.78, 5) is 15.6. The molecule has 2 saturated heterocycles. The van der Waals surface area contributed by atoms with Gasteiger partial charge in [0.1, 0.15) is 0 Å². The Balaban J connectivity index is 1.84. The highest BCUT2D eigenvalue weighted by Gasteiger charge is 2.28. The van der Waals surface area contributed by atoms with E-state index in [1.807, 2.05) is 4.90 Å². The van der Waals surface area contributed by atoms with E-state index in [4.69, 9.17) is 0 Å². The van der Waals surface area contributed by atoms with Gasteiger partial charge in [0.25, 0.3) is 0 Å². The molecule has 2 fully saturated rings. The van der Waals surface area contributed by atoms with Crippen LogP contribution in [0.1, 0.15) is 19.8 Å². The molecule has 2 aliphatic rings. The van der Waals surface area contributed by atoms with E-state index in [0.717, 1.165) is 39.1 Å². The van der Waals surface area contributed by atoms with E-state index in [1.165, 1.54) is 6.42 Å². The van der Waals surface area contributed by atoms with Gasteiger partial charge in [0.2, 0.25) is 5.91 Å². The van der Waals surface area contributed by atoms with Crippen LogP contribution in [-0.2, 0) is 4.79 Å². The maximum Gasteiger partial charge on any atom is 0.219 e. The fourth-order valence-electron chi connectivity index (χ4n) is 2.86. The molecule has 5 nitrogen and oxygen atoms in total. The van der Waals surface area contributed by atoms with E-state index in [9.17, 15) is 9.90 Å². The number of hydrogen-bond acceptors (Lipinski definition) is 4. The van der Waals surface area contributed by atoms with Gasteiger partial charge in [-0.05, 0) is 19.4 Å². The molecule has 0 aliphatic carbocycles. The zero-order valence-corrected chi connectivity index (χ0v) is 10.6. The van der Waals surface area contributed by atoms with Gasteiger partial charge in [-0.15, -0.1) is 0 Å². The summed E-state index contributed by atoms with van der Waals surface area (Å²) in [6.45, 7) is 6.39. The molecular weight excluding hydrogens is 218 g/mol. The number of aliphatic hydroxyl groups is 1. The van der Waals surface area contributed by atoms with Gasteiger partial charge in [-0.1, -0.05) is 0 Å². The quantitative estimate of drug-likeness (QED) is 0.683. The molecule has 2 rings (SSSR count). The van der Waals surface area contributed by atoms with Crippen molar-refractivity contribution in [2.24, 2.45) is 0 Å². The van der Waals surface area contributed by atoms with Crippen LogP contribution < -0.4 is 5.32 Å². The van der Waals surface area contributed by atoms with E-state index in [1.54, 1.807) is 6.92 Å². The van der Waals surface area contributed by atoms with Crippen molar-refractivity contribution < 1.29 is 9.90 Å². The Morgan fingerprint density at radius 3 is 3.00 bits per heavy atom. The molecule has 98 valence electrons. The summed E-state index contributed by atoms with van der Waals surface area (Å²) < 4.78 is 0. The fourth-order valence-corrected chi connectivity index (χ4v) is 2.86. The number of nitrogens with zero attached hydrogens (tertiary/aromatic N) is 2. The third-order valence-electron chi connectivity index (χ3n) is 3.87. The van der Waals surface area contributed by atoms with Crippen LogP contribution in [0.15, 0.2) is 0 Å². The first-order chi connectivity index (χ1) is 8.20. The highest BCUT2D eigenvalue weighted by molar-refractivity contribution is 5.73. The second-order valence-electron chi connectivity index (χ2n) is 5.09. The first kappa shape index (κ1) is 12.8. The topological polar surface area (TPSA) is 55.8 Å². The van der Waals surface area contributed by atoms with Crippen molar-refractivity contribution in [3.05, 3.63) is 0 Å². The maximum atomic E-state index is 11.3. The predicted octanol–water partition coefficient (Wildman–Crippen LogP) is -0.737. The number of hydrogen-bond donors (Lipinski definition) is 2. The summed E-state index contributed by atoms with van der Waals surface area (Å²) in [6, 6.07) is 0.671. The number of piperazine rings is 1. The number of carbonyl (C=O) groups excluding carboxylic acids is 1. The van der Waals surface area contributed by atoms with E-state index >= 15 is 0 Å². The molecule has 0 aromatic rings. The lowest BCUT2D eigenvalue weighted by Gasteiger charge is -2.36. The van der Waals surface area contributed by atoms with Gasteiger partial charge in [-0.25, -0.2) is 0 Å². The molecule has 2 aliphatic heterocycles. The SMILES string of the molecule is CC(=O)N1CCNC(CN2CCCC2CO)C1. The Hall–Kier alpha value is -0.650. The van der Waals surface area contributed by atoms with Crippen LogP contribution in [0, 0.1) is 0 Å². The smallest absolute Gasteiger partial charge is 0.219 e. The second-order valence-corrected chi connectivity index (χ2v) is 5.09. The molecule has 17 heavy (non-hydrogen) atoms. The molecule has 2 N–H and O–H groups in total. The van der Waals surface area contributed by atoms with Crippen LogP contribution in [0.25, 0.3) is 0 Å². The van der Waals surface area contributed by atoms with Crippen molar-refractivity contribution in [3.63, 3.8) is 0 Å². The number of nitrogens with one attached hydrogen (secondary N) is 1. The highest BCUT2D eigenvalue weighted by atomic mass is 16.3. The number of likely N-dealkylation sites (tertiary alicyclic amines) is 1. The Bertz CT molecular complexity index is 272. The lowest BCUT2D eigenvalue weighted by molar-refractivity contribution is -0.130. The summed E-state index contributed by atoms with van der Waals surface area (Å²) in [5.41, 5.74) is 0. The minimum absolute atomic E-state index is 0.164. The average Bonchev–Trinajstić information content (AvgIpc) is 2.76. The van der Waals surface area contributed by atoms with Crippen molar-refractivity contribution in [1.82, 2.24) is 15.1 Å². The number of carbonyl (C=O) groups is 1. The van der Waals surface area contributed by atoms with Gasteiger partial charge < -0.3 is 15.3 Å². The molecule has 0 saturated carbocycles. The largest absolute Gasteiger partial charge is 0.395 e. The van der Waals surface area contributed by atoms with Gasteiger partial charge in [0.15, 0.2) is 0 Å². The van der Waals surface area contributed by atoms with Gasteiger partial charge in [0.05, 0.1) is 6.61 Å². The minimum Gasteiger partial charge on any atom is -0.395 e. The summed E-state index contributed by atoms with van der Waals surface area (Å²) in [7, 11) is 0. The van der Waals surface area contributed by atoms with Crippen LogP contribution in [0.3, 0.4) is 0 Å². The molecule has 0 spiro atoms. The Morgan fingerprint density at radius 1 is 1.47 bits per heavy atom. The second kappa shape index (κ2) is 5.80. The van der Waals surface area contributed by atoms with E-state index in [2.05, 4.69) is 10.2 Å². The number of aliphatic hydroxyl groups excluding tert-OH is 1. The van der Waals surface area contributed by atoms with Crippen LogP contribution in [0.2, 0.25) is 0 Å². The van der Waals surface area contributed by atoms with Gasteiger partial charge in [-0.3, -0.25) is 9.69 Å². The zero-order valence-electron chi connectivity index (χ0n) is 10.6. The van der Waals surface area contributed by atoms with Gasteiger partial charge >= 0.3 is 0 Å². The van der Waals surface area contributed by atoms with Crippen LogP contribution in [0.5, 0.6) is 0 Å². The highest BCUT2D eigenvalue weighted by Crippen LogP contribution is 2.17. The summed E-state index contributed by atoms with van der Waals surface area (Å²) >= 11 is 0. The first-order valence-electron chi connectivity index (χ1n) is 6.54. The van der Waals surface area contributed by atoms with Crippen LogP contribution >= 0.6 is 0 Å². The van der Waals surface area contributed by atoms with Crippen LogP contribution in [-0.4, -0.2) is 72.2 Å². The third-order valence-corrected chi connectivity index (χ3v) is 3.87. The summed E-state index contributed by atoms with van der Waals surface area (Å²) in [6.07, 6.45) is 2.27. The molecule has 2 atom stereocenters. The fraction of sp³-hybridized carbons (Fsp3) is 0.917. The molecule has 0 radical (unpaired) electrons. The third kappa shape index (κ3) is 3.18.